The summed E-state index contributed by atoms with van der Waals surface area (Å²) < 4.78 is 0. The summed E-state index contributed by atoms with van der Waals surface area (Å²) in [6.45, 7) is 0. The van der Waals surface area contributed by atoms with E-state index in [0.717, 1.165) is 12.8 Å². The van der Waals surface area contributed by atoms with E-state index in [9.17, 15) is 0 Å². The third kappa shape index (κ3) is 2.41. The van der Waals surface area contributed by atoms with Crippen molar-refractivity contribution in [3.63, 3.8) is 0 Å². The zero-order valence-corrected chi connectivity index (χ0v) is 20.2. The first-order valence-corrected chi connectivity index (χ1v) is 14.1. The van der Waals surface area contributed by atoms with E-state index < -0.39 is 0 Å². The SMILES string of the molecule is c1csc(-c2cc3c(s2)-c2ccc4c5c(ccc(c25)C3)-c2sc(-c3cccs3)cc2C4)c1. The number of benzene rings is 2. The summed E-state index contributed by atoms with van der Waals surface area (Å²) in [7, 11) is 0. The number of fused-ring (bicyclic) bond motifs is 4. The van der Waals surface area contributed by atoms with Crippen molar-refractivity contribution in [2.45, 2.75) is 12.8 Å². The summed E-state index contributed by atoms with van der Waals surface area (Å²) >= 11 is 7.62. The molecule has 0 unspecified atom stereocenters. The summed E-state index contributed by atoms with van der Waals surface area (Å²) in [5, 5.41) is 7.36. The van der Waals surface area contributed by atoms with E-state index in [4.69, 9.17) is 0 Å². The number of hydrogen-bond donors (Lipinski definition) is 0. The van der Waals surface area contributed by atoms with Crippen LogP contribution >= 0.6 is 45.3 Å². The van der Waals surface area contributed by atoms with Gasteiger partial charge in [0.1, 0.15) is 0 Å². The van der Waals surface area contributed by atoms with Gasteiger partial charge in [-0.2, -0.15) is 0 Å². The molecule has 2 aromatic carbocycles. The molecular formula is C28H16S4. The maximum atomic E-state index is 2.43. The van der Waals surface area contributed by atoms with Gasteiger partial charge in [0.15, 0.2) is 0 Å². The Balaban J connectivity index is 1.37. The number of thiophene rings is 4. The van der Waals surface area contributed by atoms with Gasteiger partial charge < -0.3 is 0 Å². The van der Waals surface area contributed by atoms with Crippen molar-refractivity contribution in [1.29, 1.82) is 0 Å². The van der Waals surface area contributed by atoms with Gasteiger partial charge in [0.05, 0.1) is 0 Å². The lowest BCUT2D eigenvalue weighted by Gasteiger charge is -2.24. The molecule has 152 valence electrons. The summed E-state index contributed by atoms with van der Waals surface area (Å²) in [4.78, 5) is 8.52. The van der Waals surface area contributed by atoms with E-state index in [1.54, 1.807) is 0 Å². The minimum Gasteiger partial charge on any atom is -0.143 e. The zero-order valence-electron chi connectivity index (χ0n) is 17.0. The predicted octanol–water partition coefficient (Wildman–Crippen LogP) is 9.56. The Morgan fingerprint density at radius 1 is 0.500 bits per heavy atom. The zero-order chi connectivity index (χ0) is 20.8. The molecule has 6 aromatic rings. The van der Waals surface area contributed by atoms with Gasteiger partial charge >= 0.3 is 0 Å². The molecule has 32 heavy (non-hydrogen) atoms. The van der Waals surface area contributed by atoms with Gasteiger partial charge in [0.25, 0.3) is 0 Å². The Kier molecular flexibility index (Phi) is 3.66. The van der Waals surface area contributed by atoms with E-state index in [1.807, 2.05) is 45.3 Å². The fraction of sp³-hybridized carbons (Fsp3) is 0.0714. The minimum absolute atomic E-state index is 1.04. The molecule has 0 atom stereocenters. The highest BCUT2D eigenvalue weighted by Gasteiger charge is 2.28. The van der Waals surface area contributed by atoms with Crippen molar-refractivity contribution in [2.75, 3.05) is 0 Å². The smallest absolute Gasteiger partial charge is 0.0452 e. The normalized spacial score (nSPS) is 13.4. The lowest BCUT2D eigenvalue weighted by Crippen LogP contribution is -2.04. The topological polar surface area (TPSA) is 0 Å². The maximum Gasteiger partial charge on any atom is 0.0452 e. The molecule has 2 aliphatic rings. The molecule has 2 aliphatic carbocycles. The van der Waals surface area contributed by atoms with Crippen LogP contribution in [0.4, 0.5) is 0 Å². The Morgan fingerprint density at radius 2 is 1.00 bits per heavy atom. The molecule has 0 saturated carbocycles. The predicted molar refractivity (Wildman–Crippen MR) is 143 cm³/mol. The van der Waals surface area contributed by atoms with E-state index in [-0.39, 0.29) is 0 Å². The Labute approximate surface area is 202 Å². The monoisotopic (exact) mass is 480 g/mol. The average molecular weight is 481 g/mol. The Morgan fingerprint density at radius 3 is 1.44 bits per heavy atom. The lowest BCUT2D eigenvalue weighted by atomic mass is 9.80. The molecule has 0 spiro atoms. The first-order chi connectivity index (χ1) is 15.8. The third-order valence-corrected chi connectivity index (χ3v) is 11.3. The highest BCUT2D eigenvalue weighted by Crippen LogP contribution is 2.52. The molecular weight excluding hydrogens is 465 g/mol. The molecule has 4 heteroatoms. The van der Waals surface area contributed by atoms with Gasteiger partial charge in [-0.05, 0) is 80.9 Å². The van der Waals surface area contributed by atoms with Gasteiger partial charge in [-0.25, -0.2) is 0 Å². The van der Waals surface area contributed by atoms with Crippen LogP contribution in [-0.4, -0.2) is 0 Å². The van der Waals surface area contributed by atoms with Crippen molar-refractivity contribution in [3.8, 4) is 40.4 Å². The largest absolute Gasteiger partial charge is 0.143 e. The van der Waals surface area contributed by atoms with Crippen LogP contribution in [0.15, 0.2) is 71.4 Å². The summed E-state index contributed by atoms with van der Waals surface area (Å²) in [5.74, 6) is 0. The summed E-state index contributed by atoms with van der Waals surface area (Å²) in [6.07, 6.45) is 2.09. The lowest BCUT2D eigenvalue weighted by molar-refractivity contribution is 1.19. The summed E-state index contributed by atoms with van der Waals surface area (Å²) in [6, 6.07) is 23.2. The molecule has 0 radical (unpaired) electrons. The van der Waals surface area contributed by atoms with Gasteiger partial charge in [0.2, 0.25) is 0 Å². The minimum atomic E-state index is 1.04. The molecule has 4 aromatic heterocycles. The van der Waals surface area contributed by atoms with Crippen LogP contribution in [0.2, 0.25) is 0 Å². The van der Waals surface area contributed by atoms with E-state index >= 15 is 0 Å². The first kappa shape index (κ1) is 18.0. The molecule has 0 bridgehead atoms. The molecule has 0 N–H and O–H groups in total. The standard InChI is InChI=1S/C28H16S4/c1-3-21(29-9-1)23-13-17-11-15-6-8-20-26-16(5-7-19(25(15)26)27(17)31-23)12-18-14-24(32-28(18)20)22-4-2-10-30-22/h1-10,13-14H,11-12H2. The van der Waals surface area contributed by atoms with E-state index in [0.29, 0.717) is 0 Å². The van der Waals surface area contributed by atoms with Crippen LogP contribution in [0, 0.1) is 0 Å². The van der Waals surface area contributed by atoms with Crippen molar-refractivity contribution < 1.29 is 0 Å². The van der Waals surface area contributed by atoms with Gasteiger partial charge in [-0.15, -0.1) is 45.3 Å². The van der Waals surface area contributed by atoms with Crippen LogP contribution < -0.4 is 0 Å². The first-order valence-electron chi connectivity index (χ1n) is 10.7. The summed E-state index contributed by atoms with van der Waals surface area (Å²) in [5.41, 5.74) is 8.83. The van der Waals surface area contributed by atoms with Crippen LogP contribution in [0.25, 0.3) is 51.2 Å². The third-order valence-electron chi connectivity index (χ3n) is 6.73. The molecule has 8 rings (SSSR count). The second-order valence-corrected chi connectivity index (χ2v) is 12.5. The Hall–Kier alpha value is -2.50. The molecule has 0 amide bonds. The second kappa shape index (κ2) is 6.52. The van der Waals surface area contributed by atoms with Gasteiger partial charge in [-0.3, -0.25) is 0 Å². The highest BCUT2D eigenvalue weighted by molar-refractivity contribution is 7.24. The molecule has 0 nitrogen and oxygen atoms in total. The van der Waals surface area contributed by atoms with E-state index in [1.165, 1.54) is 73.4 Å². The number of rotatable bonds is 2. The van der Waals surface area contributed by atoms with Crippen LogP contribution in [0.3, 0.4) is 0 Å². The fourth-order valence-corrected chi connectivity index (χ4v) is 9.45. The van der Waals surface area contributed by atoms with Crippen LogP contribution in [0.5, 0.6) is 0 Å². The van der Waals surface area contributed by atoms with Crippen molar-refractivity contribution in [1.82, 2.24) is 0 Å². The molecule has 0 fully saturated rings. The molecule has 4 heterocycles. The maximum absolute atomic E-state index is 2.43. The second-order valence-electron chi connectivity index (χ2n) is 8.53. The van der Waals surface area contributed by atoms with E-state index in [2.05, 4.69) is 71.4 Å². The Bertz CT molecular complexity index is 1530. The molecule has 0 saturated heterocycles. The number of hydrogen-bond acceptors (Lipinski definition) is 4. The van der Waals surface area contributed by atoms with Gasteiger partial charge in [0, 0.05) is 40.4 Å². The van der Waals surface area contributed by atoms with Crippen molar-refractivity contribution >= 4 is 56.1 Å². The van der Waals surface area contributed by atoms with Crippen molar-refractivity contribution in [3.05, 3.63) is 93.7 Å². The quantitative estimate of drug-likeness (QED) is 0.231. The van der Waals surface area contributed by atoms with Crippen LogP contribution in [-0.2, 0) is 12.8 Å². The fourth-order valence-electron chi connectivity index (χ4n) is 5.38. The average Bonchev–Trinajstić information content (AvgIpc) is 3.60. The highest BCUT2D eigenvalue weighted by atomic mass is 32.1. The van der Waals surface area contributed by atoms with Crippen LogP contribution in [0.1, 0.15) is 22.3 Å². The van der Waals surface area contributed by atoms with Crippen molar-refractivity contribution in [2.24, 2.45) is 0 Å². The van der Waals surface area contributed by atoms with Gasteiger partial charge in [-0.1, -0.05) is 36.4 Å². The molecule has 0 aliphatic heterocycles.